The van der Waals surface area contributed by atoms with E-state index in [9.17, 15) is 4.79 Å². The fourth-order valence-electron chi connectivity index (χ4n) is 4.42. The summed E-state index contributed by atoms with van der Waals surface area (Å²) in [5, 5.41) is 3.47. The monoisotopic (exact) mass is 432 g/mol. The van der Waals surface area contributed by atoms with Crippen LogP contribution in [0.5, 0.6) is 11.5 Å². The van der Waals surface area contributed by atoms with Gasteiger partial charge in [0, 0.05) is 11.6 Å². The second-order valence-electron chi connectivity index (χ2n) is 8.48. The van der Waals surface area contributed by atoms with Crippen LogP contribution in [-0.4, -0.2) is 50.5 Å². The Kier molecular flexibility index (Phi) is 6.41. The maximum Gasteiger partial charge on any atom is 0.414 e. The van der Waals surface area contributed by atoms with Gasteiger partial charge in [-0.25, -0.2) is 4.79 Å². The van der Waals surface area contributed by atoms with Crippen LogP contribution in [0.1, 0.15) is 51.7 Å². The van der Waals surface area contributed by atoms with Gasteiger partial charge < -0.3 is 29.0 Å². The Balaban J connectivity index is 1.70. The van der Waals surface area contributed by atoms with Crippen molar-refractivity contribution in [2.24, 2.45) is 0 Å². The number of ether oxygens (including phenoxy) is 5. The molecule has 8 heteroatoms. The predicted octanol–water partition coefficient (Wildman–Crippen LogP) is 3.90. The Morgan fingerprint density at radius 1 is 1.29 bits per heavy atom. The van der Waals surface area contributed by atoms with Crippen molar-refractivity contribution in [2.45, 2.75) is 64.1 Å². The molecule has 1 amide bonds. The van der Waals surface area contributed by atoms with Crippen molar-refractivity contribution in [3.63, 3.8) is 0 Å². The lowest BCUT2D eigenvalue weighted by Crippen LogP contribution is -2.53. The van der Waals surface area contributed by atoms with E-state index in [4.69, 9.17) is 23.7 Å². The second-order valence-corrected chi connectivity index (χ2v) is 8.48. The summed E-state index contributed by atoms with van der Waals surface area (Å²) in [4.78, 5) is 14.9. The molecule has 1 N–H and O–H groups in total. The number of benzene rings is 1. The van der Waals surface area contributed by atoms with Gasteiger partial charge >= 0.3 is 6.09 Å². The van der Waals surface area contributed by atoms with Crippen molar-refractivity contribution in [3.8, 4) is 11.5 Å². The van der Waals surface area contributed by atoms with Gasteiger partial charge in [-0.15, -0.1) is 0 Å². The average Bonchev–Trinajstić information content (AvgIpc) is 3.32. The van der Waals surface area contributed by atoms with E-state index in [1.807, 2.05) is 26.0 Å². The molecule has 3 atom stereocenters. The summed E-state index contributed by atoms with van der Waals surface area (Å²) < 4.78 is 29.2. The smallest absolute Gasteiger partial charge is 0.414 e. The number of amides is 1. The van der Waals surface area contributed by atoms with Crippen molar-refractivity contribution in [1.29, 1.82) is 0 Å². The van der Waals surface area contributed by atoms with E-state index < -0.39 is 11.9 Å². The number of nitrogens with one attached hydrogen (secondary N) is 1. The van der Waals surface area contributed by atoms with E-state index in [0.717, 1.165) is 31.5 Å². The lowest BCUT2D eigenvalue weighted by molar-refractivity contribution is -0.147. The van der Waals surface area contributed by atoms with Gasteiger partial charge in [0.2, 0.25) is 6.79 Å². The van der Waals surface area contributed by atoms with Gasteiger partial charge in [-0.2, -0.15) is 0 Å². The minimum atomic E-state index is -0.766. The minimum absolute atomic E-state index is 0.133. The molecule has 31 heavy (non-hydrogen) atoms. The van der Waals surface area contributed by atoms with Crippen LogP contribution in [0.2, 0.25) is 0 Å². The summed E-state index contributed by atoms with van der Waals surface area (Å²) in [5.74, 6) is 0.486. The normalized spacial score (nSPS) is 25.1. The first-order valence-corrected chi connectivity index (χ1v) is 11.0. The van der Waals surface area contributed by atoms with Crippen molar-refractivity contribution < 1.29 is 28.5 Å². The number of unbranched alkanes of at least 4 members (excludes halogenated alkanes) is 1. The number of nitrogens with zero attached hydrogens (tertiary/aromatic N) is 1. The first-order valence-electron chi connectivity index (χ1n) is 11.0. The van der Waals surface area contributed by atoms with Gasteiger partial charge in [0.25, 0.3) is 0 Å². The Morgan fingerprint density at radius 2 is 2.06 bits per heavy atom. The zero-order valence-electron chi connectivity index (χ0n) is 18.5. The SMILES string of the molecule is C=CCOC(=O)N1c2cc3c(cc2[C@@H]2OC(C)(C)O[C@H]2[C@@H]1CCNCCCC)OCO3. The highest BCUT2D eigenvalue weighted by Crippen LogP contribution is 2.52. The number of hydrogen-bond donors (Lipinski definition) is 1. The standard InChI is InChI=1S/C23H32N2O6/c1-5-7-9-24-10-8-16-21-20(30-23(3,4)31-21)15-12-18-19(29-14-28-18)13-17(15)25(16)22(26)27-11-6-2/h6,12-13,16,20-21,24H,2,5,7-11,14H2,1,3-4H3/t16-,20-,21-/m0/s1. The molecule has 0 aliphatic carbocycles. The zero-order chi connectivity index (χ0) is 22.0. The largest absolute Gasteiger partial charge is 0.454 e. The number of anilines is 1. The number of carbonyl (C=O) groups excluding carboxylic acids is 1. The highest BCUT2D eigenvalue weighted by Gasteiger charge is 2.53. The molecule has 0 spiro atoms. The van der Waals surface area contributed by atoms with Gasteiger partial charge in [0.05, 0.1) is 11.7 Å². The van der Waals surface area contributed by atoms with Crippen LogP contribution >= 0.6 is 0 Å². The average molecular weight is 433 g/mol. The van der Waals surface area contributed by atoms with Crippen LogP contribution in [0.4, 0.5) is 10.5 Å². The van der Waals surface area contributed by atoms with E-state index in [0.29, 0.717) is 23.6 Å². The van der Waals surface area contributed by atoms with E-state index in [1.165, 1.54) is 0 Å². The van der Waals surface area contributed by atoms with Crippen LogP contribution in [0, 0.1) is 0 Å². The Hall–Kier alpha value is -2.29. The highest BCUT2D eigenvalue weighted by molar-refractivity contribution is 5.91. The molecule has 8 nitrogen and oxygen atoms in total. The summed E-state index contributed by atoms with van der Waals surface area (Å²) in [6.45, 7) is 11.6. The molecule has 1 aromatic rings. The molecule has 4 rings (SSSR count). The Bertz CT molecular complexity index is 827. The summed E-state index contributed by atoms with van der Waals surface area (Å²) in [6.07, 6.45) is 3.42. The fourth-order valence-corrected chi connectivity index (χ4v) is 4.42. The maximum absolute atomic E-state index is 13.2. The third-order valence-electron chi connectivity index (χ3n) is 5.77. The first kappa shape index (κ1) is 21.9. The van der Waals surface area contributed by atoms with Gasteiger partial charge in [-0.05, 0) is 45.8 Å². The third-order valence-corrected chi connectivity index (χ3v) is 5.77. The van der Waals surface area contributed by atoms with Crippen molar-refractivity contribution in [2.75, 3.05) is 31.4 Å². The van der Waals surface area contributed by atoms with E-state index in [1.54, 1.807) is 11.0 Å². The van der Waals surface area contributed by atoms with Gasteiger partial charge in [0.1, 0.15) is 18.8 Å². The first-order chi connectivity index (χ1) is 14.9. The Morgan fingerprint density at radius 3 is 2.81 bits per heavy atom. The van der Waals surface area contributed by atoms with E-state index in [-0.39, 0.29) is 31.6 Å². The van der Waals surface area contributed by atoms with Crippen LogP contribution in [-0.2, 0) is 14.2 Å². The number of hydrogen-bond acceptors (Lipinski definition) is 7. The lowest BCUT2D eigenvalue weighted by Gasteiger charge is -2.41. The molecule has 0 unspecified atom stereocenters. The van der Waals surface area contributed by atoms with Crippen molar-refractivity contribution in [1.82, 2.24) is 5.32 Å². The van der Waals surface area contributed by atoms with Crippen LogP contribution in [0.25, 0.3) is 0 Å². The molecule has 0 aromatic heterocycles. The van der Waals surface area contributed by atoms with Gasteiger partial charge in [0.15, 0.2) is 17.3 Å². The molecule has 0 saturated carbocycles. The molecule has 0 radical (unpaired) electrons. The molecular formula is C23H32N2O6. The van der Waals surface area contributed by atoms with Crippen LogP contribution in [0.15, 0.2) is 24.8 Å². The predicted molar refractivity (Wildman–Crippen MR) is 116 cm³/mol. The second kappa shape index (κ2) is 9.06. The lowest BCUT2D eigenvalue weighted by atomic mass is 9.88. The number of fused-ring (bicyclic) bond motifs is 4. The summed E-state index contributed by atoms with van der Waals surface area (Å²) >= 11 is 0. The van der Waals surface area contributed by atoms with Crippen LogP contribution < -0.4 is 19.7 Å². The molecule has 1 saturated heterocycles. The summed E-state index contributed by atoms with van der Waals surface area (Å²) in [7, 11) is 0. The van der Waals surface area contributed by atoms with Gasteiger partial charge in [-0.1, -0.05) is 26.0 Å². The molecule has 3 aliphatic rings. The van der Waals surface area contributed by atoms with Crippen molar-refractivity contribution >= 4 is 11.8 Å². The quantitative estimate of drug-likeness (QED) is 0.493. The molecule has 3 heterocycles. The fraction of sp³-hybridized carbons (Fsp3) is 0.609. The van der Waals surface area contributed by atoms with Crippen LogP contribution in [0.3, 0.4) is 0 Å². The molecular weight excluding hydrogens is 400 g/mol. The van der Waals surface area contributed by atoms with E-state index in [2.05, 4.69) is 18.8 Å². The molecule has 1 aromatic carbocycles. The molecule has 0 bridgehead atoms. The Labute approximate surface area is 183 Å². The molecule has 170 valence electrons. The third kappa shape index (κ3) is 4.37. The summed E-state index contributed by atoms with van der Waals surface area (Å²) in [6, 6.07) is 3.48. The van der Waals surface area contributed by atoms with Gasteiger partial charge in [-0.3, -0.25) is 4.90 Å². The minimum Gasteiger partial charge on any atom is -0.454 e. The van der Waals surface area contributed by atoms with E-state index >= 15 is 0 Å². The highest BCUT2D eigenvalue weighted by atomic mass is 16.8. The van der Waals surface area contributed by atoms with Crippen molar-refractivity contribution in [3.05, 3.63) is 30.4 Å². The summed E-state index contributed by atoms with van der Waals surface area (Å²) in [5.41, 5.74) is 1.55. The topological polar surface area (TPSA) is 78.5 Å². The maximum atomic E-state index is 13.2. The molecule has 1 fully saturated rings. The zero-order valence-corrected chi connectivity index (χ0v) is 18.5. The molecule has 3 aliphatic heterocycles. The number of rotatable bonds is 8. The number of carbonyl (C=O) groups is 1.